The molecule has 1 atom stereocenters. The summed E-state index contributed by atoms with van der Waals surface area (Å²) in [5, 5.41) is 2.83. The second kappa shape index (κ2) is 13.5. The number of sulfonamides is 1. The van der Waals surface area contributed by atoms with Crippen LogP contribution in [0.3, 0.4) is 0 Å². The van der Waals surface area contributed by atoms with Crippen LogP contribution in [0, 0.1) is 0 Å². The highest BCUT2D eigenvalue weighted by Crippen LogP contribution is 2.22. The zero-order chi connectivity index (χ0) is 19.3. The van der Waals surface area contributed by atoms with Crippen LogP contribution >= 0.6 is 0 Å². The minimum atomic E-state index is -3.36. The summed E-state index contributed by atoms with van der Waals surface area (Å²) in [6.07, 6.45) is 12.1. The van der Waals surface area contributed by atoms with E-state index in [0.29, 0.717) is 38.9 Å². The van der Waals surface area contributed by atoms with E-state index in [-0.39, 0.29) is 11.7 Å². The fourth-order valence-corrected chi connectivity index (χ4v) is 5.27. The van der Waals surface area contributed by atoms with E-state index in [1.807, 2.05) is 0 Å². The molecule has 0 radical (unpaired) electrons. The van der Waals surface area contributed by atoms with Crippen LogP contribution in [0.1, 0.15) is 84.0 Å². The minimum Gasteiger partial charge on any atom is -0.355 e. The van der Waals surface area contributed by atoms with E-state index in [9.17, 15) is 13.2 Å². The Hall–Kier alpha value is -0.660. The lowest BCUT2D eigenvalue weighted by atomic mass is 10.0. The Labute approximate surface area is 160 Å². The maximum atomic E-state index is 12.7. The van der Waals surface area contributed by atoms with Crippen molar-refractivity contribution in [3.05, 3.63) is 0 Å². The lowest BCUT2D eigenvalue weighted by Gasteiger charge is -2.33. The van der Waals surface area contributed by atoms with Crippen molar-refractivity contribution in [1.82, 2.24) is 9.62 Å². The monoisotopic (exact) mass is 389 g/mol. The highest BCUT2D eigenvalue weighted by atomic mass is 32.2. The summed E-state index contributed by atoms with van der Waals surface area (Å²) in [4.78, 5) is 12.4. The first-order chi connectivity index (χ1) is 12.5. The molecule has 0 bridgehead atoms. The Kier molecular flexibility index (Phi) is 12.1. The summed E-state index contributed by atoms with van der Waals surface area (Å²) in [5.74, 6) is -0.00759. The quantitative estimate of drug-likeness (QED) is 0.447. The third-order valence-electron chi connectivity index (χ3n) is 5.05. The molecule has 0 spiro atoms. The molecule has 1 fully saturated rings. The molecule has 7 heteroatoms. The van der Waals surface area contributed by atoms with Crippen molar-refractivity contribution in [2.75, 3.05) is 25.4 Å². The van der Waals surface area contributed by atoms with Crippen molar-refractivity contribution in [3.8, 4) is 0 Å². The van der Waals surface area contributed by atoms with E-state index in [4.69, 9.17) is 5.73 Å². The smallest absolute Gasteiger partial charge is 0.238 e. The van der Waals surface area contributed by atoms with Gasteiger partial charge in [0.2, 0.25) is 15.9 Å². The van der Waals surface area contributed by atoms with Gasteiger partial charge in [-0.2, -0.15) is 4.31 Å². The van der Waals surface area contributed by atoms with Gasteiger partial charge in [-0.05, 0) is 32.2 Å². The first-order valence-electron chi connectivity index (χ1n) is 10.5. The van der Waals surface area contributed by atoms with Crippen molar-refractivity contribution in [2.45, 2.75) is 90.0 Å². The number of piperidine rings is 1. The van der Waals surface area contributed by atoms with Crippen molar-refractivity contribution in [1.29, 1.82) is 0 Å². The second-order valence-corrected chi connectivity index (χ2v) is 9.39. The predicted molar refractivity (Wildman–Crippen MR) is 107 cm³/mol. The van der Waals surface area contributed by atoms with Gasteiger partial charge < -0.3 is 11.1 Å². The summed E-state index contributed by atoms with van der Waals surface area (Å²) in [6.45, 7) is 3.70. The van der Waals surface area contributed by atoms with Crippen LogP contribution in [0.4, 0.5) is 0 Å². The molecule has 6 nitrogen and oxygen atoms in total. The predicted octanol–water partition coefficient (Wildman–Crippen LogP) is 2.78. The number of rotatable bonds is 14. The van der Waals surface area contributed by atoms with E-state index in [2.05, 4.69) is 12.2 Å². The lowest BCUT2D eigenvalue weighted by molar-refractivity contribution is -0.125. The molecule has 0 aromatic carbocycles. The molecule has 1 aliphatic heterocycles. The first kappa shape index (κ1) is 23.4. The highest BCUT2D eigenvalue weighted by molar-refractivity contribution is 7.89. The number of amides is 1. The molecule has 0 saturated carbocycles. The van der Waals surface area contributed by atoms with E-state index in [1.165, 1.54) is 36.4 Å². The zero-order valence-electron chi connectivity index (χ0n) is 16.5. The second-order valence-electron chi connectivity index (χ2n) is 7.35. The molecule has 0 aromatic heterocycles. The third-order valence-corrected chi connectivity index (χ3v) is 7.01. The van der Waals surface area contributed by atoms with Crippen LogP contribution in [-0.4, -0.2) is 50.1 Å². The third kappa shape index (κ3) is 8.82. The van der Waals surface area contributed by atoms with Gasteiger partial charge in [0.05, 0.1) is 5.75 Å². The molecule has 0 aliphatic carbocycles. The topological polar surface area (TPSA) is 92.5 Å². The van der Waals surface area contributed by atoms with E-state index in [1.54, 1.807) is 0 Å². The van der Waals surface area contributed by atoms with Gasteiger partial charge in [0, 0.05) is 13.1 Å². The van der Waals surface area contributed by atoms with Crippen LogP contribution in [0.25, 0.3) is 0 Å². The maximum Gasteiger partial charge on any atom is 0.238 e. The summed E-state index contributed by atoms with van der Waals surface area (Å²) in [5.41, 5.74) is 5.45. The Morgan fingerprint density at radius 2 is 1.69 bits per heavy atom. The van der Waals surface area contributed by atoms with Crippen molar-refractivity contribution >= 4 is 15.9 Å². The van der Waals surface area contributed by atoms with Gasteiger partial charge in [0.15, 0.2) is 0 Å². The largest absolute Gasteiger partial charge is 0.355 e. The lowest BCUT2D eigenvalue weighted by Crippen LogP contribution is -2.52. The van der Waals surface area contributed by atoms with Crippen molar-refractivity contribution in [2.24, 2.45) is 5.73 Å². The van der Waals surface area contributed by atoms with E-state index >= 15 is 0 Å². The van der Waals surface area contributed by atoms with Crippen molar-refractivity contribution < 1.29 is 13.2 Å². The van der Waals surface area contributed by atoms with Gasteiger partial charge in [-0.15, -0.1) is 0 Å². The Bertz CT molecular complexity index is 482. The standard InChI is InChI=1S/C19H39N3O3S/c1-2-3-4-5-6-7-8-11-17-26(24,25)22-16-10-9-13-18(22)19(23)21-15-12-14-20/h18H,2-17,20H2,1H3,(H,21,23). The highest BCUT2D eigenvalue weighted by Gasteiger charge is 2.36. The fourth-order valence-electron chi connectivity index (χ4n) is 3.47. The van der Waals surface area contributed by atoms with Gasteiger partial charge in [-0.1, -0.05) is 58.3 Å². The number of nitrogens with zero attached hydrogens (tertiary/aromatic N) is 1. The van der Waals surface area contributed by atoms with E-state index < -0.39 is 16.1 Å². The molecule has 1 unspecified atom stereocenters. The van der Waals surface area contributed by atoms with Crippen LogP contribution in [0.15, 0.2) is 0 Å². The normalized spacial score (nSPS) is 18.8. The summed E-state index contributed by atoms with van der Waals surface area (Å²) >= 11 is 0. The molecule has 1 heterocycles. The summed E-state index contributed by atoms with van der Waals surface area (Å²) in [6, 6.07) is -0.541. The van der Waals surface area contributed by atoms with Crippen LogP contribution in [0.5, 0.6) is 0 Å². The number of carbonyl (C=O) groups is 1. The molecule has 1 saturated heterocycles. The zero-order valence-corrected chi connectivity index (χ0v) is 17.4. The average molecular weight is 390 g/mol. The fraction of sp³-hybridized carbons (Fsp3) is 0.947. The molecule has 3 N–H and O–H groups in total. The molecule has 1 rings (SSSR count). The van der Waals surface area contributed by atoms with Gasteiger partial charge in [0.1, 0.15) is 6.04 Å². The van der Waals surface area contributed by atoms with Crippen molar-refractivity contribution in [3.63, 3.8) is 0 Å². The van der Waals surface area contributed by atoms with Gasteiger partial charge >= 0.3 is 0 Å². The SMILES string of the molecule is CCCCCCCCCCS(=O)(=O)N1CCCCC1C(=O)NCCCN. The Morgan fingerprint density at radius 1 is 1.04 bits per heavy atom. The molecule has 0 aromatic rings. The van der Waals surface area contributed by atoms with Crippen LogP contribution in [0.2, 0.25) is 0 Å². The molecule has 154 valence electrons. The molecular weight excluding hydrogens is 350 g/mol. The number of nitrogens with two attached hydrogens (primary N) is 1. The van der Waals surface area contributed by atoms with Crippen LogP contribution in [-0.2, 0) is 14.8 Å². The molecular formula is C19H39N3O3S. The van der Waals surface area contributed by atoms with Gasteiger partial charge in [-0.3, -0.25) is 4.79 Å². The number of carbonyl (C=O) groups excluding carboxylic acids is 1. The number of hydrogen-bond acceptors (Lipinski definition) is 4. The van der Waals surface area contributed by atoms with Crippen LogP contribution < -0.4 is 11.1 Å². The summed E-state index contributed by atoms with van der Waals surface area (Å²) in [7, 11) is -3.36. The minimum absolute atomic E-state index is 0.161. The first-order valence-corrected chi connectivity index (χ1v) is 12.1. The number of unbranched alkanes of at least 4 members (excludes halogenated alkanes) is 7. The average Bonchev–Trinajstić information content (AvgIpc) is 2.64. The van der Waals surface area contributed by atoms with Gasteiger partial charge in [0.25, 0.3) is 0 Å². The van der Waals surface area contributed by atoms with Gasteiger partial charge in [-0.25, -0.2) is 8.42 Å². The summed E-state index contributed by atoms with van der Waals surface area (Å²) < 4.78 is 26.9. The number of hydrogen-bond donors (Lipinski definition) is 2. The Balaban J connectivity index is 2.39. The Morgan fingerprint density at radius 3 is 2.35 bits per heavy atom. The molecule has 1 amide bonds. The maximum absolute atomic E-state index is 12.7. The van der Waals surface area contributed by atoms with E-state index in [0.717, 1.165) is 25.7 Å². The number of nitrogens with one attached hydrogen (secondary N) is 1. The molecule has 1 aliphatic rings. The molecule has 26 heavy (non-hydrogen) atoms.